The molecule has 5 nitrogen and oxygen atoms in total. The summed E-state index contributed by atoms with van der Waals surface area (Å²) in [5, 5.41) is 11.2. The van der Waals surface area contributed by atoms with E-state index in [0.717, 1.165) is 10.8 Å². The van der Waals surface area contributed by atoms with Crippen LogP contribution in [0.4, 0.5) is 0 Å². The molecule has 0 aliphatic heterocycles. The summed E-state index contributed by atoms with van der Waals surface area (Å²) in [6, 6.07) is 13.0. The summed E-state index contributed by atoms with van der Waals surface area (Å²) in [7, 11) is 0. The average molecular weight is 330 g/mol. The van der Waals surface area contributed by atoms with Gasteiger partial charge in [0.25, 0.3) is 0 Å². The highest BCUT2D eigenvalue weighted by Gasteiger charge is 2.23. The number of aliphatic carboxylic acids is 1. The quantitative estimate of drug-likeness (QED) is 0.816. The van der Waals surface area contributed by atoms with Gasteiger partial charge in [-0.1, -0.05) is 36.4 Å². The van der Waals surface area contributed by atoms with E-state index in [2.05, 4.69) is 0 Å². The van der Waals surface area contributed by atoms with E-state index < -0.39 is 23.6 Å². The number of rotatable bonds is 6. The second-order valence-electron chi connectivity index (χ2n) is 6.55. The van der Waals surface area contributed by atoms with E-state index in [-0.39, 0.29) is 12.8 Å². The molecule has 0 aliphatic carbocycles. The molecule has 0 saturated carbocycles. The smallest absolute Gasteiger partial charge is 0.344 e. The van der Waals surface area contributed by atoms with E-state index >= 15 is 0 Å². The Labute approximate surface area is 141 Å². The van der Waals surface area contributed by atoms with Crippen molar-refractivity contribution in [1.29, 1.82) is 0 Å². The van der Waals surface area contributed by atoms with Crippen LogP contribution in [-0.4, -0.2) is 28.8 Å². The fourth-order valence-corrected chi connectivity index (χ4v) is 2.33. The van der Waals surface area contributed by atoms with Gasteiger partial charge in [-0.25, -0.2) is 4.79 Å². The first-order valence-electron chi connectivity index (χ1n) is 7.85. The molecular formula is C19H22O5. The van der Waals surface area contributed by atoms with Gasteiger partial charge in [-0.15, -0.1) is 0 Å². The molecule has 1 N–H and O–H groups in total. The van der Waals surface area contributed by atoms with E-state index in [9.17, 15) is 14.7 Å². The van der Waals surface area contributed by atoms with Crippen molar-refractivity contribution in [2.24, 2.45) is 0 Å². The van der Waals surface area contributed by atoms with Crippen LogP contribution >= 0.6 is 0 Å². The van der Waals surface area contributed by atoms with Crippen LogP contribution < -0.4 is 4.74 Å². The minimum Gasteiger partial charge on any atom is -0.479 e. The molecule has 0 spiro atoms. The zero-order chi connectivity index (χ0) is 17.7. The number of esters is 1. The third-order valence-corrected chi connectivity index (χ3v) is 3.32. The lowest BCUT2D eigenvalue weighted by Crippen LogP contribution is -2.29. The third kappa shape index (κ3) is 4.98. The summed E-state index contributed by atoms with van der Waals surface area (Å²) < 4.78 is 10.9. The van der Waals surface area contributed by atoms with Crippen LogP contribution in [0.2, 0.25) is 0 Å². The second kappa shape index (κ2) is 7.34. The molecule has 24 heavy (non-hydrogen) atoms. The van der Waals surface area contributed by atoms with Crippen molar-refractivity contribution in [3.8, 4) is 5.75 Å². The van der Waals surface area contributed by atoms with Crippen LogP contribution in [0, 0.1) is 0 Å². The van der Waals surface area contributed by atoms with Crippen LogP contribution in [0.15, 0.2) is 42.5 Å². The van der Waals surface area contributed by atoms with Crippen molar-refractivity contribution < 1.29 is 24.2 Å². The van der Waals surface area contributed by atoms with Gasteiger partial charge < -0.3 is 14.6 Å². The van der Waals surface area contributed by atoms with E-state index in [1.807, 2.05) is 36.4 Å². The summed E-state index contributed by atoms with van der Waals surface area (Å²) in [5.74, 6) is -1.05. The Balaban J connectivity index is 2.08. The fourth-order valence-electron chi connectivity index (χ4n) is 2.33. The van der Waals surface area contributed by atoms with Crippen LogP contribution in [0.3, 0.4) is 0 Å². The number of fused-ring (bicyclic) bond motifs is 1. The highest BCUT2D eigenvalue weighted by atomic mass is 16.6. The lowest BCUT2D eigenvalue weighted by atomic mass is 10.1. The highest BCUT2D eigenvalue weighted by molar-refractivity contribution is 5.88. The Morgan fingerprint density at radius 2 is 1.75 bits per heavy atom. The summed E-state index contributed by atoms with van der Waals surface area (Å²) in [6.07, 6.45) is -1.07. The molecular weight excluding hydrogens is 308 g/mol. The maximum atomic E-state index is 11.8. The van der Waals surface area contributed by atoms with Gasteiger partial charge in [-0.3, -0.25) is 4.79 Å². The molecule has 2 rings (SSSR count). The predicted molar refractivity (Wildman–Crippen MR) is 91.1 cm³/mol. The summed E-state index contributed by atoms with van der Waals surface area (Å²) in [4.78, 5) is 23.2. The van der Waals surface area contributed by atoms with Crippen molar-refractivity contribution in [3.05, 3.63) is 42.5 Å². The maximum absolute atomic E-state index is 11.8. The van der Waals surface area contributed by atoms with Gasteiger partial charge in [0.05, 0.1) is 0 Å². The largest absolute Gasteiger partial charge is 0.479 e. The predicted octanol–water partition coefficient (Wildman–Crippen LogP) is 3.79. The molecule has 0 aliphatic rings. The van der Waals surface area contributed by atoms with Gasteiger partial charge in [-0.05, 0) is 32.2 Å². The van der Waals surface area contributed by atoms with E-state index in [4.69, 9.17) is 9.47 Å². The molecule has 0 fully saturated rings. The second-order valence-corrected chi connectivity index (χ2v) is 6.55. The molecule has 0 heterocycles. The number of carbonyl (C=O) groups is 2. The Hall–Kier alpha value is -2.56. The molecule has 0 unspecified atom stereocenters. The van der Waals surface area contributed by atoms with Crippen molar-refractivity contribution in [2.45, 2.75) is 45.3 Å². The number of carboxylic acids is 1. The van der Waals surface area contributed by atoms with Crippen LogP contribution in [0.5, 0.6) is 5.75 Å². The SMILES string of the molecule is CC(C)(C)OC(=O)CC[C@@H](Oc1cccc2ccccc12)C(=O)O. The Morgan fingerprint density at radius 1 is 1.08 bits per heavy atom. The first-order chi connectivity index (χ1) is 11.3. The van der Waals surface area contributed by atoms with Crippen molar-refractivity contribution >= 4 is 22.7 Å². The van der Waals surface area contributed by atoms with Crippen LogP contribution in [0.1, 0.15) is 33.6 Å². The molecule has 0 aromatic heterocycles. The minimum atomic E-state index is -1.11. The van der Waals surface area contributed by atoms with E-state index in [0.29, 0.717) is 5.75 Å². The summed E-state index contributed by atoms with van der Waals surface area (Å²) in [6.45, 7) is 5.31. The van der Waals surface area contributed by atoms with Crippen molar-refractivity contribution in [1.82, 2.24) is 0 Å². The minimum absolute atomic E-state index is 0.0149. The molecule has 5 heteroatoms. The molecule has 128 valence electrons. The van der Waals surface area contributed by atoms with Gasteiger partial charge in [0, 0.05) is 18.2 Å². The molecule has 0 radical (unpaired) electrons. The van der Waals surface area contributed by atoms with E-state index in [1.165, 1.54) is 0 Å². The first-order valence-corrected chi connectivity index (χ1v) is 7.85. The van der Waals surface area contributed by atoms with Crippen molar-refractivity contribution in [2.75, 3.05) is 0 Å². The molecule has 0 bridgehead atoms. The fraction of sp³-hybridized carbons (Fsp3) is 0.368. The topological polar surface area (TPSA) is 72.8 Å². The summed E-state index contributed by atoms with van der Waals surface area (Å²) in [5.41, 5.74) is -0.591. The van der Waals surface area contributed by atoms with Crippen molar-refractivity contribution in [3.63, 3.8) is 0 Å². The number of ether oxygens (including phenoxy) is 2. The molecule has 1 atom stereocenters. The lowest BCUT2D eigenvalue weighted by Gasteiger charge is -2.20. The van der Waals surface area contributed by atoms with Gasteiger partial charge in [0.2, 0.25) is 0 Å². The standard InChI is InChI=1S/C19H22O5/c1-19(2,3)24-17(20)12-11-16(18(21)22)23-15-10-6-8-13-7-4-5-9-14(13)15/h4-10,16H,11-12H2,1-3H3,(H,21,22)/t16-/m1/s1. The van der Waals surface area contributed by atoms with Gasteiger partial charge in [0.15, 0.2) is 6.10 Å². The van der Waals surface area contributed by atoms with Gasteiger partial charge in [-0.2, -0.15) is 0 Å². The lowest BCUT2D eigenvalue weighted by molar-refractivity contribution is -0.156. The average Bonchev–Trinajstić information content (AvgIpc) is 2.49. The van der Waals surface area contributed by atoms with E-state index in [1.54, 1.807) is 26.8 Å². The highest BCUT2D eigenvalue weighted by Crippen LogP contribution is 2.27. The Kier molecular flexibility index (Phi) is 5.44. The maximum Gasteiger partial charge on any atom is 0.344 e. The summed E-state index contributed by atoms with van der Waals surface area (Å²) >= 11 is 0. The monoisotopic (exact) mass is 330 g/mol. The normalized spacial score (nSPS) is 12.6. The van der Waals surface area contributed by atoms with Crippen LogP contribution in [-0.2, 0) is 14.3 Å². The number of carbonyl (C=O) groups excluding carboxylic acids is 1. The molecule has 0 amide bonds. The Bertz CT molecular complexity index is 725. The molecule has 0 saturated heterocycles. The number of carboxylic acid groups (broad SMARTS) is 1. The Morgan fingerprint density at radius 3 is 2.42 bits per heavy atom. The van der Waals surface area contributed by atoms with Gasteiger partial charge >= 0.3 is 11.9 Å². The van der Waals surface area contributed by atoms with Crippen LogP contribution in [0.25, 0.3) is 10.8 Å². The number of benzene rings is 2. The van der Waals surface area contributed by atoms with Gasteiger partial charge in [0.1, 0.15) is 11.4 Å². The zero-order valence-corrected chi connectivity index (χ0v) is 14.1. The third-order valence-electron chi connectivity index (χ3n) is 3.32. The number of hydrogen-bond acceptors (Lipinski definition) is 4. The first kappa shape index (κ1) is 17.8. The molecule has 2 aromatic carbocycles. The zero-order valence-electron chi connectivity index (χ0n) is 14.1. The molecule has 2 aromatic rings. The number of hydrogen-bond donors (Lipinski definition) is 1.